The SMILES string of the molecule is CC(CO)CCN(C)C(=O)c1ccccc1. The number of hydrogen-bond donors (Lipinski definition) is 1. The molecular weight excluding hydrogens is 202 g/mol. The predicted octanol–water partition coefficient (Wildman–Crippen LogP) is 1.78. The molecule has 3 nitrogen and oxygen atoms in total. The maximum atomic E-state index is 11.9. The molecule has 1 aromatic carbocycles. The molecule has 0 radical (unpaired) electrons. The largest absolute Gasteiger partial charge is 0.396 e. The molecule has 0 fully saturated rings. The number of rotatable bonds is 5. The summed E-state index contributed by atoms with van der Waals surface area (Å²) in [7, 11) is 1.79. The van der Waals surface area contributed by atoms with Gasteiger partial charge in [0.15, 0.2) is 0 Å². The number of aliphatic hydroxyl groups excluding tert-OH is 1. The van der Waals surface area contributed by atoms with Gasteiger partial charge in [-0.05, 0) is 24.5 Å². The van der Waals surface area contributed by atoms with Crippen LogP contribution in [-0.4, -0.2) is 36.1 Å². The van der Waals surface area contributed by atoms with Crippen molar-refractivity contribution in [2.24, 2.45) is 5.92 Å². The summed E-state index contributed by atoms with van der Waals surface area (Å²) in [6.07, 6.45) is 0.825. The van der Waals surface area contributed by atoms with Crippen molar-refractivity contribution in [3.8, 4) is 0 Å². The third-order valence-electron chi connectivity index (χ3n) is 2.64. The van der Waals surface area contributed by atoms with Gasteiger partial charge in [0.25, 0.3) is 5.91 Å². The molecule has 0 aliphatic heterocycles. The second-order valence-corrected chi connectivity index (χ2v) is 4.17. The van der Waals surface area contributed by atoms with E-state index in [1.54, 1.807) is 11.9 Å². The minimum Gasteiger partial charge on any atom is -0.396 e. The lowest BCUT2D eigenvalue weighted by molar-refractivity contribution is 0.0782. The lowest BCUT2D eigenvalue weighted by Gasteiger charge is -2.18. The van der Waals surface area contributed by atoms with E-state index in [4.69, 9.17) is 5.11 Å². The first-order chi connectivity index (χ1) is 7.65. The second-order valence-electron chi connectivity index (χ2n) is 4.17. The molecule has 88 valence electrons. The van der Waals surface area contributed by atoms with Crippen molar-refractivity contribution >= 4 is 5.91 Å². The summed E-state index contributed by atoms with van der Waals surface area (Å²) in [6, 6.07) is 9.24. The average Bonchev–Trinajstić information content (AvgIpc) is 2.35. The summed E-state index contributed by atoms with van der Waals surface area (Å²) >= 11 is 0. The highest BCUT2D eigenvalue weighted by atomic mass is 16.3. The zero-order chi connectivity index (χ0) is 12.0. The Labute approximate surface area is 96.7 Å². The number of carbonyl (C=O) groups is 1. The van der Waals surface area contributed by atoms with Crippen LogP contribution < -0.4 is 0 Å². The number of aliphatic hydroxyl groups is 1. The van der Waals surface area contributed by atoms with Gasteiger partial charge in [-0.25, -0.2) is 0 Å². The number of amides is 1. The number of hydrogen-bond acceptors (Lipinski definition) is 2. The first kappa shape index (κ1) is 12.7. The van der Waals surface area contributed by atoms with E-state index in [-0.39, 0.29) is 18.4 Å². The first-order valence-corrected chi connectivity index (χ1v) is 5.56. The summed E-state index contributed by atoms with van der Waals surface area (Å²) < 4.78 is 0. The Morgan fingerprint density at radius 2 is 2.00 bits per heavy atom. The van der Waals surface area contributed by atoms with Gasteiger partial charge in [0.1, 0.15) is 0 Å². The molecule has 3 heteroatoms. The Morgan fingerprint density at radius 3 is 2.56 bits per heavy atom. The summed E-state index contributed by atoms with van der Waals surface area (Å²) in [5, 5.41) is 8.90. The first-order valence-electron chi connectivity index (χ1n) is 5.56. The third-order valence-corrected chi connectivity index (χ3v) is 2.64. The minimum atomic E-state index is 0.0331. The Kier molecular flexibility index (Phi) is 4.99. The maximum Gasteiger partial charge on any atom is 0.253 e. The monoisotopic (exact) mass is 221 g/mol. The van der Waals surface area contributed by atoms with Crippen molar-refractivity contribution < 1.29 is 9.90 Å². The number of carbonyl (C=O) groups excluding carboxylic acids is 1. The zero-order valence-electron chi connectivity index (χ0n) is 9.89. The Morgan fingerprint density at radius 1 is 1.38 bits per heavy atom. The highest BCUT2D eigenvalue weighted by molar-refractivity contribution is 5.93. The molecule has 0 heterocycles. The second kappa shape index (κ2) is 6.28. The van der Waals surface area contributed by atoms with Crippen molar-refractivity contribution in [2.45, 2.75) is 13.3 Å². The summed E-state index contributed by atoms with van der Waals surface area (Å²) in [5.74, 6) is 0.275. The van der Waals surface area contributed by atoms with Crippen LogP contribution in [0.1, 0.15) is 23.7 Å². The van der Waals surface area contributed by atoms with Crippen molar-refractivity contribution in [1.82, 2.24) is 4.90 Å². The van der Waals surface area contributed by atoms with Crippen molar-refractivity contribution in [2.75, 3.05) is 20.2 Å². The van der Waals surface area contributed by atoms with E-state index in [1.807, 2.05) is 37.3 Å². The quantitative estimate of drug-likeness (QED) is 0.823. The van der Waals surface area contributed by atoms with Gasteiger partial charge in [0.2, 0.25) is 0 Å². The normalized spacial score (nSPS) is 12.2. The van der Waals surface area contributed by atoms with Crippen molar-refractivity contribution in [3.05, 3.63) is 35.9 Å². The van der Waals surface area contributed by atoms with Crippen LogP contribution in [0.2, 0.25) is 0 Å². The van der Waals surface area contributed by atoms with Gasteiger partial charge in [0, 0.05) is 25.8 Å². The van der Waals surface area contributed by atoms with Crippen LogP contribution in [0.3, 0.4) is 0 Å². The third kappa shape index (κ3) is 3.66. The van der Waals surface area contributed by atoms with E-state index in [0.29, 0.717) is 12.1 Å². The van der Waals surface area contributed by atoms with Gasteiger partial charge in [-0.1, -0.05) is 25.1 Å². The van der Waals surface area contributed by atoms with Gasteiger partial charge >= 0.3 is 0 Å². The predicted molar refractivity (Wildman–Crippen MR) is 64.3 cm³/mol. The van der Waals surface area contributed by atoms with E-state index in [0.717, 1.165) is 6.42 Å². The Balaban J connectivity index is 2.49. The fourth-order valence-electron chi connectivity index (χ4n) is 1.41. The molecule has 1 rings (SSSR count). The fraction of sp³-hybridized carbons (Fsp3) is 0.462. The fourth-order valence-corrected chi connectivity index (χ4v) is 1.41. The van der Waals surface area contributed by atoms with Crippen LogP contribution in [0.15, 0.2) is 30.3 Å². The highest BCUT2D eigenvalue weighted by Gasteiger charge is 2.11. The van der Waals surface area contributed by atoms with E-state index >= 15 is 0 Å². The minimum absolute atomic E-state index is 0.0331. The lowest BCUT2D eigenvalue weighted by Crippen LogP contribution is -2.29. The smallest absolute Gasteiger partial charge is 0.253 e. The van der Waals surface area contributed by atoms with Crippen molar-refractivity contribution in [3.63, 3.8) is 0 Å². The molecule has 1 N–H and O–H groups in total. The van der Waals surface area contributed by atoms with Crippen LogP contribution in [0, 0.1) is 5.92 Å². The summed E-state index contributed by atoms with van der Waals surface area (Å²) in [4.78, 5) is 13.6. The van der Waals surface area contributed by atoms with E-state index in [1.165, 1.54) is 0 Å². The average molecular weight is 221 g/mol. The zero-order valence-corrected chi connectivity index (χ0v) is 9.89. The van der Waals surface area contributed by atoms with Crippen LogP contribution in [0.5, 0.6) is 0 Å². The topological polar surface area (TPSA) is 40.5 Å². The van der Waals surface area contributed by atoms with Crippen molar-refractivity contribution in [1.29, 1.82) is 0 Å². The molecule has 16 heavy (non-hydrogen) atoms. The van der Waals surface area contributed by atoms with Gasteiger partial charge in [-0.2, -0.15) is 0 Å². The van der Waals surface area contributed by atoms with Crippen LogP contribution in [-0.2, 0) is 0 Å². The Hall–Kier alpha value is -1.35. The molecule has 1 aromatic rings. The van der Waals surface area contributed by atoms with Gasteiger partial charge < -0.3 is 10.0 Å². The van der Waals surface area contributed by atoms with Gasteiger partial charge in [-0.3, -0.25) is 4.79 Å². The van der Waals surface area contributed by atoms with Gasteiger partial charge in [-0.15, -0.1) is 0 Å². The lowest BCUT2D eigenvalue weighted by atomic mass is 10.1. The molecule has 1 amide bonds. The molecule has 0 saturated heterocycles. The Bertz CT molecular complexity index is 324. The van der Waals surface area contributed by atoms with E-state index in [9.17, 15) is 4.79 Å². The molecule has 1 unspecified atom stereocenters. The molecule has 0 aliphatic rings. The molecular formula is C13H19NO2. The number of benzene rings is 1. The standard InChI is InChI=1S/C13H19NO2/c1-11(10-15)8-9-14(2)13(16)12-6-4-3-5-7-12/h3-7,11,15H,8-10H2,1-2H3. The van der Waals surface area contributed by atoms with E-state index in [2.05, 4.69) is 0 Å². The van der Waals surface area contributed by atoms with Crippen LogP contribution in [0.25, 0.3) is 0 Å². The summed E-state index contributed by atoms with van der Waals surface area (Å²) in [6.45, 7) is 2.82. The van der Waals surface area contributed by atoms with Crippen LogP contribution >= 0.6 is 0 Å². The van der Waals surface area contributed by atoms with E-state index < -0.39 is 0 Å². The summed E-state index contributed by atoms with van der Waals surface area (Å²) in [5.41, 5.74) is 0.710. The molecule has 0 spiro atoms. The number of nitrogens with zero attached hydrogens (tertiary/aromatic N) is 1. The molecule has 1 atom stereocenters. The maximum absolute atomic E-state index is 11.9. The van der Waals surface area contributed by atoms with Crippen LogP contribution in [0.4, 0.5) is 0 Å². The molecule has 0 bridgehead atoms. The van der Waals surface area contributed by atoms with Gasteiger partial charge in [0.05, 0.1) is 0 Å². The molecule has 0 aliphatic carbocycles. The highest BCUT2D eigenvalue weighted by Crippen LogP contribution is 2.06. The molecule has 0 aromatic heterocycles. The molecule has 0 saturated carbocycles.